The van der Waals surface area contributed by atoms with Crippen molar-refractivity contribution in [3.05, 3.63) is 39.9 Å². The molecule has 0 radical (unpaired) electrons. The van der Waals surface area contributed by atoms with Crippen molar-refractivity contribution in [3.8, 4) is 6.07 Å². The minimum atomic E-state index is -0.629. The van der Waals surface area contributed by atoms with Gasteiger partial charge in [-0.25, -0.2) is 4.79 Å². The molecule has 19 heavy (non-hydrogen) atoms. The Balaban J connectivity index is 3.00. The van der Waals surface area contributed by atoms with Crippen LogP contribution >= 0.6 is 23.4 Å². The van der Waals surface area contributed by atoms with Crippen LogP contribution in [0.15, 0.2) is 34.9 Å². The van der Waals surface area contributed by atoms with Crippen LogP contribution in [0.3, 0.4) is 0 Å². The maximum Gasteiger partial charge on any atom is 0.351 e. The number of hydrogen-bond donors (Lipinski definition) is 1. The van der Waals surface area contributed by atoms with Gasteiger partial charge >= 0.3 is 5.97 Å². The van der Waals surface area contributed by atoms with Crippen LogP contribution in [-0.4, -0.2) is 18.8 Å². The molecule has 0 amide bonds. The zero-order valence-electron chi connectivity index (χ0n) is 10.6. The van der Waals surface area contributed by atoms with Crippen LogP contribution in [-0.2, 0) is 9.53 Å². The lowest BCUT2D eigenvalue weighted by Gasteiger charge is -2.10. The first-order valence-corrected chi connectivity index (χ1v) is 7.10. The Bertz CT molecular complexity index is 520. The predicted octanol–water partition coefficient (Wildman–Crippen LogP) is 3.41. The Morgan fingerprint density at radius 3 is 2.58 bits per heavy atom. The van der Waals surface area contributed by atoms with E-state index in [1.54, 1.807) is 37.4 Å². The molecule has 100 valence electrons. The van der Waals surface area contributed by atoms with E-state index >= 15 is 0 Å². The van der Waals surface area contributed by atoms with Crippen LogP contribution in [0.2, 0.25) is 5.02 Å². The molecule has 0 unspecified atom stereocenters. The first-order valence-electron chi connectivity index (χ1n) is 5.50. The molecule has 1 rings (SSSR count). The van der Waals surface area contributed by atoms with Crippen molar-refractivity contribution in [2.45, 2.75) is 6.92 Å². The Labute approximate surface area is 121 Å². The van der Waals surface area contributed by atoms with Crippen molar-refractivity contribution >= 4 is 35.0 Å². The first kappa shape index (κ1) is 15.4. The number of nitrogens with zero attached hydrogens (tertiary/aromatic N) is 1. The number of hydrogen-bond acceptors (Lipinski definition) is 5. The third-order valence-electron chi connectivity index (χ3n) is 2.12. The second-order valence-corrected chi connectivity index (χ2v) is 4.63. The van der Waals surface area contributed by atoms with Crippen molar-refractivity contribution < 1.29 is 9.53 Å². The van der Waals surface area contributed by atoms with Crippen LogP contribution in [0, 0.1) is 11.3 Å². The quantitative estimate of drug-likeness (QED) is 0.512. The summed E-state index contributed by atoms with van der Waals surface area (Å²) < 4.78 is 4.84. The van der Waals surface area contributed by atoms with Crippen LogP contribution in [0.4, 0.5) is 5.69 Å². The Kier molecular flexibility index (Phi) is 6.26. The first-order chi connectivity index (χ1) is 9.12. The lowest BCUT2D eigenvalue weighted by atomic mass is 10.3. The van der Waals surface area contributed by atoms with E-state index in [0.29, 0.717) is 10.1 Å². The molecule has 0 fully saturated rings. The molecule has 0 aliphatic rings. The zero-order chi connectivity index (χ0) is 14.3. The number of benzene rings is 1. The highest BCUT2D eigenvalue weighted by molar-refractivity contribution is 8.02. The van der Waals surface area contributed by atoms with Crippen molar-refractivity contribution in [2.75, 3.05) is 18.2 Å². The second-order valence-electron chi connectivity index (χ2n) is 3.37. The SMILES string of the molecule is CCOC(=O)/C(C#N)=C(\Nc1ccc(Cl)cc1)SC. The van der Waals surface area contributed by atoms with E-state index in [0.717, 1.165) is 5.69 Å². The highest BCUT2D eigenvalue weighted by atomic mass is 35.5. The second kappa shape index (κ2) is 7.72. The number of anilines is 1. The molecule has 0 aliphatic carbocycles. The molecule has 1 aromatic rings. The van der Waals surface area contributed by atoms with E-state index in [4.69, 9.17) is 21.6 Å². The molecule has 0 heterocycles. The zero-order valence-corrected chi connectivity index (χ0v) is 12.1. The summed E-state index contributed by atoms with van der Waals surface area (Å²) in [4.78, 5) is 11.6. The van der Waals surface area contributed by atoms with Crippen molar-refractivity contribution in [2.24, 2.45) is 0 Å². The summed E-state index contributed by atoms with van der Waals surface area (Å²) in [7, 11) is 0. The summed E-state index contributed by atoms with van der Waals surface area (Å²) in [6.07, 6.45) is 1.77. The smallest absolute Gasteiger partial charge is 0.351 e. The summed E-state index contributed by atoms with van der Waals surface area (Å²) in [6, 6.07) is 8.83. The molecule has 0 aromatic heterocycles. The minimum Gasteiger partial charge on any atom is -0.462 e. The fraction of sp³-hybridized carbons (Fsp3) is 0.231. The van der Waals surface area contributed by atoms with Crippen LogP contribution in [0.1, 0.15) is 6.92 Å². The van der Waals surface area contributed by atoms with Crippen molar-refractivity contribution in [3.63, 3.8) is 0 Å². The van der Waals surface area contributed by atoms with E-state index in [1.165, 1.54) is 11.8 Å². The summed E-state index contributed by atoms with van der Waals surface area (Å²) in [5.41, 5.74) is 0.704. The topological polar surface area (TPSA) is 62.1 Å². The van der Waals surface area contributed by atoms with Gasteiger partial charge in [0.05, 0.1) is 11.6 Å². The van der Waals surface area contributed by atoms with Gasteiger partial charge in [-0.15, -0.1) is 11.8 Å². The van der Waals surface area contributed by atoms with Gasteiger partial charge in [0, 0.05) is 10.7 Å². The van der Waals surface area contributed by atoms with E-state index in [2.05, 4.69) is 5.32 Å². The van der Waals surface area contributed by atoms with Gasteiger partial charge in [0.1, 0.15) is 6.07 Å². The lowest BCUT2D eigenvalue weighted by Crippen LogP contribution is -2.11. The normalized spacial score (nSPS) is 11.3. The molecule has 0 atom stereocenters. The number of carbonyl (C=O) groups excluding carboxylic acids is 1. The third-order valence-corrected chi connectivity index (χ3v) is 3.09. The monoisotopic (exact) mass is 296 g/mol. The molecular formula is C13H13ClN2O2S. The lowest BCUT2D eigenvalue weighted by molar-refractivity contribution is -0.138. The van der Waals surface area contributed by atoms with Gasteiger partial charge in [-0.05, 0) is 37.4 Å². The molecule has 6 heteroatoms. The number of ether oxygens (including phenoxy) is 1. The number of nitriles is 1. The fourth-order valence-electron chi connectivity index (χ4n) is 1.27. The summed E-state index contributed by atoms with van der Waals surface area (Å²) in [6.45, 7) is 1.92. The van der Waals surface area contributed by atoms with Gasteiger partial charge < -0.3 is 10.1 Å². The van der Waals surface area contributed by atoms with Gasteiger partial charge in [0.25, 0.3) is 0 Å². The molecule has 4 nitrogen and oxygen atoms in total. The molecule has 0 saturated heterocycles. The van der Waals surface area contributed by atoms with E-state index in [9.17, 15) is 4.79 Å². The van der Waals surface area contributed by atoms with Gasteiger partial charge in [0.15, 0.2) is 5.57 Å². The molecule has 1 aromatic carbocycles. The summed E-state index contributed by atoms with van der Waals surface area (Å²) in [5, 5.41) is 13.1. The van der Waals surface area contributed by atoms with Crippen LogP contribution < -0.4 is 5.32 Å². The maximum absolute atomic E-state index is 11.6. The van der Waals surface area contributed by atoms with Gasteiger partial charge in [-0.3, -0.25) is 0 Å². The van der Waals surface area contributed by atoms with Crippen LogP contribution in [0.5, 0.6) is 0 Å². The molecule has 0 bridgehead atoms. The average molecular weight is 297 g/mol. The van der Waals surface area contributed by atoms with Gasteiger partial charge in [0.2, 0.25) is 0 Å². The molecular weight excluding hydrogens is 284 g/mol. The van der Waals surface area contributed by atoms with Crippen LogP contribution in [0.25, 0.3) is 0 Å². The molecule has 0 spiro atoms. The maximum atomic E-state index is 11.6. The van der Waals surface area contributed by atoms with E-state index in [1.807, 2.05) is 6.07 Å². The van der Waals surface area contributed by atoms with Crippen molar-refractivity contribution in [1.82, 2.24) is 0 Å². The number of nitrogens with one attached hydrogen (secondary N) is 1. The number of esters is 1. The van der Waals surface area contributed by atoms with Gasteiger partial charge in [-0.1, -0.05) is 11.6 Å². The van der Waals surface area contributed by atoms with E-state index in [-0.39, 0.29) is 12.2 Å². The number of carbonyl (C=O) groups is 1. The molecule has 0 saturated carbocycles. The third kappa shape index (κ3) is 4.51. The summed E-state index contributed by atoms with van der Waals surface area (Å²) in [5.74, 6) is -0.629. The highest BCUT2D eigenvalue weighted by Crippen LogP contribution is 2.22. The van der Waals surface area contributed by atoms with Gasteiger partial charge in [-0.2, -0.15) is 5.26 Å². The van der Waals surface area contributed by atoms with Crippen molar-refractivity contribution in [1.29, 1.82) is 5.26 Å². The Morgan fingerprint density at radius 2 is 2.11 bits per heavy atom. The largest absolute Gasteiger partial charge is 0.462 e. The predicted molar refractivity (Wildman–Crippen MR) is 77.9 cm³/mol. The fourth-order valence-corrected chi connectivity index (χ4v) is 1.95. The molecule has 1 N–H and O–H groups in total. The Hall–Kier alpha value is -1.64. The number of thioether (sulfide) groups is 1. The minimum absolute atomic E-state index is 0.0377. The average Bonchev–Trinajstić information content (AvgIpc) is 2.41. The standard InChI is InChI=1S/C13H13ClN2O2S/c1-3-18-13(17)11(8-15)12(19-2)16-10-6-4-9(14)5-7-10/h4-7,16H,3H2,1-2H3/b12-11+. The van der Waals surface area contributed by atoms with E-state index < -0.39 is 5.97 Å². The molecule has 0 aliphatic heterocycles. The number of halogens is 1. The number of rotatable bonds is 5. The summed E-state index contributed by atoms with van der Waals surface area (Å²) >= 11 is 7.06. The Morgan fingerprint density at radius 1 is 1.47 bits per heavy atom. The highest BCUT2D eigenvalue weighted by Gasteiger charge is 2.16.